The van der Waals surface area contributed by atoms with Crippen LogP contribution >= 0.6 is 11.6 Å². The Morgan fingerprint density at radius 3 is 2.60 bits per heavy atom. The second kappa shape index (κ2) is 16.3. The van der Waals surface area contributed by atoms with E-state index in [2.05, 4.69) is 30.9 Å². The zero-order valence-corrected chi connectivity index (χ0v) is 31.8. The Morgan fingerprint density at radius 1 is 1.00 bits per heavy atom. The van der Waals surface area contributed by atoms with Gasteiger partial charge < -0.3 is 29.6 Å². The van der Waals surface area contributed by atoms with Crippen molar-refractivity contribution in [3.63, 3.8) is 0 Å². The summed E-state index contributed by atoms with van der Waals surface area (Å²) in [5.74, 6) is 1.25. The number of fused-ring (bicyclic) bond motifs is 2. The van der Waals surface area contributed by atoms with E-state index in [1.165, 1.54) is 11.6 Å². The Morgan fingerprint density at radius 2 is 1.82 bits per heavy atom. The van der Waals surface area contributed by atoms with Crippen molar-refractivity contribution in [1.82, 2.24) is 34.9 Å². The highest BCUT2D eigenvalue weighted by molar-refractivity contribution is 6.33. The molecule has 0 bridgehead atoms. The number of anilines is 3. The van der Waals surface area contributed by atoms with E-state index in [0.29, 0.717) is 59.1 Å². The molecule has 16 heteroatoms. The second-order valence-corrected chi connectivity index (χ2v) is 14.5. The molecule has 3 amide bonds. The molecule has 0 saturated carbocycles. The predicted molar refractivity (Wildman–Crippen MR) is 209 cm³/mol. The number of likely N-dealkylation sites (N-methyl/N-ethyl adjacent to an activating group) is 1. The van der Waals surface area contributed by atoms with Crippen LogP contribution in [0.2, 0.25) is 5.02 Å². The van der Waals surface area contributed by atoms with E-state index in [1.807, 2.05) is 43.4 Å². The van der Waals surface area contributed by atoms with Crippen molar-refractivity contribution in [1.29, 1.82) is 0 Å². The minimum Gasteiger partial charge on any atom is -0.494 e. The number of halogens is 1. The van der Waals surface area contributed by atoms with Crippen molar-refractivity contribution in [3.05, 3.63) is 69.7 Å². The summed E-state index contributed by atoms with van der Waals surface area (Å²) >= 11 is 6.53. The van der Waals surface area contributed by atoms with Crippen molar-refractivity contribution in [2.45, 2.75) is 50.9 Å². The van der Waals surface area contributed by atoms with Crippen LogP contribution in [0.1, 0.15) is 56.6 Å². The van der Waals surface area contributed by atoms with Gasteiger partial charge in [-0.3, -0.25) is 29.2 Å². The number of pyridine rings is 1. The molecule has 288 valence electrons. The monoisotopic (exact) mass is 769 g/mol. The van der Waals surface area contributed by atoms with Gasteiger partial charge >= 0.3 is 0 Å². The number of hydrogen-bond acceptors (Lipinski definition) is 11. The van der Waals surface area contributed by atoms with E-state index >= 15 is 0 Å². The third-order valence-corrected chi connectivity index (χ3v) is 10.7. The fourth-order valence-electron chi connectivity index (χ4n) is 7.30. The molecule has 2 saturated heterocycles. The van der Waals surface area contributed by atoms with Gasteiger partial charge in [0.15, 0.2) is 18.2 Å². The molecule has 3 aromatic heterocycles. The van der Waals surface area contributed by atoms with E-state index < -0.39 is 5.92 Å². The Labute approximate surface area is 322 Å². The summed E-state index contributed by atoms with van der Waals surface area (Å²) in [6.45, 7) is 2.04. The van der Waals surface area contributed by atoms with Crippen LogP contribution in [-0.2, 0) is 28.5 Å². The van der Waals surface area contributed by atoms with Gasteiger partial charge in [-0.25, -0.2) is 4.98 Å². The number of piperidine rings is 2. The van der Waals surface area contributed by atoms with Crippen LogP contribution in [0.4, 0.5) is 17.5 Å². The highest BCUT2D eigenvalue weighted by Gasteiger charge is 2.31. The molecule has 0 radical (unpaired) electrons. The molecule has 0 spiro atoms. The number of benzene rings is 2. The summed E-state index contributed by atoms with van der Waals surface area (Å²) in [7, 11) is 5.02. The molecule has 2 fully saturated rings. The minimum absolute atomic E-state index is 0.0819. The zero-order chi connectivity index (χ0) is 38.6. The van der Waals surface area contributed by atoms with Crippen molar-refractivity contribution in [2.75, 3.05) is 43.6 Å². The Balaban J connectivity index is 0.889. The molecule has 3 N–H and O–H groups in total. The first-order valence-electron chi connectivity index (χ1n) is 18.5. The van der Waals surface area contributed by atoms with Crippen LogP contribution in [0.5, 0.6) is 11.5 Å². The first kappa shape index (κ1) is 37.6. The maximum atomic E-state index is 12.8. The van der Waals surface area contributed by atoms with E-state index in [4.69, 9.17) is 26.1 Å². The molecule has 1 atom stereocenters. The summed E-state index contributed by atoms with van der Waals surface area (Å²) in [6.07, 6.45) is 7.58. The SMILES string of the molecule is CNC(=O)COc1cc2cc(Nc3nc(N4CCC(CCCCOc5ccc6c(C7CCC(=O)NC7=O)nn(C)c6c5)CC4)ncc3Cl)ccc2n(C)c1=O. The van der Waals surface area contributed by atoms with Gasteiger partial charge in [-0.1, -0.05) is 18.0 Å². The maximum absolute atomic E-state index is 12.8. The topological polar surface area (TPSA) is 175 Å². The summed E-state index contributed by atoms with van der Waals surface area (Å²) in [5.41, 5.74) is 2.67. The van der Waals surface area contributed by atoms with Gasteiger partial charge in [0.05, 0.1) is 35.4 Å². The summed E-state index contributed by atoms with van der Waals surface area (Å²) in [6, 6.07) is 13.0. The fourth-order valence-corrected chi connectivity index (χ4v) is 7.44. The predicted octanol–water partition coefficient (Wildman–Crippen LogP) is 4.72. The first-order chi connectivity index (χ1) is 26.6. The highest BCUT2D eigenvalue weighted by Crippen LogP contribution is 2.33. The van der Waals surface area contributed by atoms with Crippen LogP contribution in [0.15, 0.2) is 53.5 Å². The quantitative estimate of drug-likeness (QED) is 0.112. The molecule has 15 nitrogen and oxygen atoms in total. The van der Waals surface area contributed by atoms with Crippen LogP contribution < -0.4 is 35.9 Å². The molecular weight excluding hydrogens is 726 g/mol. The normalized spacial score (nSPS) is 16.4. The maximum Gasteiger partial charge on any atom is 0.293 e. The number of rotatable bonds is 13. The lowest BCUT2D eigenvalue weighted by molar-refractivity contribution is -0.134. The molecule has 5 aromatic rings. The van der Waals surface area contributed by atoms with E-state index in [-0.39, 0.29) is 35.6 Å². The number of ether oxygens (including phenoxy) is 2. The molecule has 2 aromatic carbocycles. The number of nitrogens with one attached hydrogen (secondary N) is 3. The van der Waals surface area contributed by atoms with E-state index in [1.54, 1.807) is 24.0 Å². The van der Waals surface area contributed by atoms with Gasteiger partial charge in [0, 0.05) is 63.2 Å². The molecule has 0 aliphatic carbocycles. The Kier molecular flexibility index (Phi) is 11.2. The molecule has 2 aliphatic heterocycles. The number of amides is 3. The molecule has 2 aliphatic rings. The Hall–Kier alpha value is -5.70. The number of nitrogens with zero attached hydrogens (tertiary/aromatic N) is 6. The lowest BCUT2D eigenvalue weighted by Gasteiger charge is -2.32. The Bertz CT molecular complexity index is 2320. The number of unbranched alkanes of at least 4 members (excludes halogenated alkanes) is 1. The fraction of sp³-hybridized carbons (Fsp3) is 0.410. The van der Waals surface area contributed by atoms with Crippen LogP contribution in [0.25, 0.3) is 21.8 Å². The van der Waals surface area contributed by atoms with Gasteiger partial charge in [-0.15, -0.1) is 0 Å². The molecular formula is C39H44ClN9O6. The largest absolute Gasteiger partial charge is 0.494 e. The minimum atomic E-state index is -0.435. The third-order valence-electron chi connectivity index (χ3n) is 10.4. The summed E-state index contributed by atoms with van der Waals surface area (Å²) in [4.78, 5) is 60.0. The van der Waals surface area contributed by atoms with Crippen LogP contribution in [-0.4, -0.2) is 75.4 Å². The lowest BCUT2D eigenvalue weighted by Crippen LogP contribution is -2.39. The number of aromatic nitrogens is 5. The molecule has 55 heavy (non-hydrogen) atoms. The van der Waals surface area contributed by atoms with Gasteiger partial charge in [0.25, 0.3) is 11.5 Å². The third kappa shape index (κ3) is 8.36. The summed E-state index contributed by atoms with van der Waals surface area (Å²) < 4.78 is 14.9. The summed E-state index contributed by atoms with van der Waals surface area (Å²) in [5, 5.41) is 14.8. The van der Waals surface area contributed by atoms with Gasteiger partial charge in [-0.2, -0.15) is 10.1 Å². The van der Waals surface area contributed by atoms with Crippen molar-refractivity contribution in [2.24, 2.45) is 20.0 Å². The number of imide groups is 1. The average Bonchev–Trinajstić information content (AvgIpc) is 3.51. The number of aryl methyl sites for hydroxylation is 2. The zero-order valence-electron chi connectivity index (χ0n) is 31.1. The standard InChI is InChI=1S/C39H44ClN9O6/c1-41-34(51)22-55-32-19-24-18-25(7-11-30(24)47(2)38(32)53)43-36-29(40)21-42-39(45-36)49-15-13-23(14-16-49)6-4-5-17-54-26-8-9-27-31(20-26)48(3)46-35(27)28-10-12-33(50)44-37(28)52/h7-9,11,18-21,23,28H,4-6,10,12-17,22H2,1-3H3,(H,41,51)(H,42,43,45)(H,44,50,52). The number of carbonyl (C=O) groups excluding carboxylic acids is 3. The van der Waals surface area contributed by atoms with Crippen molar-refractivity contribution >= 4 is 68.6 Å². The van der Waals surface area contributed by atoms with Crippen molar-refractivity contribution < 1.29 is 23.9 Å². The van der Waals surface area contributed by atoms with E-state index in [0.717, 1.165) is 67.2 Å². The molecule has 5 heterocycles. The van der Waals surface area contributed by atoms with Gasteiger partial charge in [0.2, 0.25) is 17.8 Å². The van der Waals surface area contributed by atoms with Crippen LogP contribution in [0, 0.1) is 5.92 Å². The first-order valence-corrected chi connectivity index (χ1v) is 18.9. The van der Waals surface area contributed by atoms with Crippen LogP contribution in [0.3, 0.4) is 0 Å². The molecule has 7 rings (SSSR count). The second-order valence-electron chi connectivity index (χ2n) is 14.1. The molecule has 1 unspecified atom stereocenters. The van der Waals surface area contributed by atoms with Gasteiger partial charge in [-0.05, 0) is 74.4 Å². The highest BCUT2D eigenvalue weighted by atomic mass is 35.5. The van der Waals surface area contributed by atoms with Crippen molar-refractivity contribution in [3.8, 4) is 11.5 Å². The average molecular weight is 770 g/mol. The van der Waals surface area contributed by atoms with Gasteiger partial charge in [0.1, 0.15) is 10.8 Å². The van der Waals surface area contributed by atoms with E-state index in [9.17, 15) is 19.2 Å². The number of hydrogen-bond donors (Lipinski definition) is 3. The lowest BCUT2D eigenvalue weighted by atomic mass is 9.92. The smallest absolute Gasteiger partial charge is 0.293 e. The number of carbonyl (C=O) groups is 3.